The molecule has 3 amide bonds. The van der Waals surface area contributed by atoms with Crippen LogP contribution in [0, 0.1) is 5.92 Å². The van der Waals surface area contributed by atoms with Gasteiger partial charge < -0.3 is 25.2 Å². The van der Waals surface area contributed by atoms with E-state index in [0.717, 1.165) is 0 Å². The predicted molar refractivity (Wildman–Crippen MR) is 115 cm³/mol. The van der Waals surface area contributed by atoms with Crippen LogP contribution < -0.4 is 20.3 Å². The average molecular weight is 465 g/mol. The van der Waals surface area contributed by atoms with Gasteiger partial charge in [0.2, 0.25) is 11.8 Å². The predicted octanol–water partition coefficient (Wildman–Crippen LogP) is 0.423. The molecule has 0 radical (unpaired) electrons. The van der Waals surface area contributed by atoms with Gasteiger partial charge in [-0.05, 0) is 17.5 Å². The van der Waals surface area contributed by atoms with Crippen molar-refractivity contribution in [2.24, 2.45) is 5.92 Å². The van der Waals surface area contributed by atoms with Crippen molar-refractivity contribution >= 4 is 29.4 Å². The van der Waals surface area contributed by atoms with E-state index in [1.54, 1.807) is 25.1 Å². The lowest BCUT2D eigenvalue weighted by Crippen LogP contribution is -2.58. The van der Waals surface area contributed by atoms with Crippen molar-refractivity contribution in [2.45, 2.75) is 44.8 Å². The number of amides is 3. The number of para-hydroxylation sites is 1. The lowest BCUT2D eigenvalue weighted by molar-refractivity contribution is -0.140. The second-order valence-electron chi connectivity index (χ2n) is 8.07. The number of carboxylic acid groups (broad SMARTS) is 1. The molecule has 11 heteroatoms. The van der Waals surface area contributed by atoms with Gasteiger partial charge in [0.25, 0.3) is 5.91 Å². The van der Waals surface area contributed by atoms with Crippen molar-refractivity contribution < 1.29 is 38.1 Å². The third-order valence-electron chi connectivity index (χ3n) is 5.86. The summed E-state index contributed by atoms with van der Waals surface area (Å²) in [5.74, 6) is -2.86. The molecule has 0 fully saturated rings. The Kier molecular flexibility index (Phi) is 7.85. The highest BCUT2D eigenvalue weighted by atomic mass is 19.1. The van der Waals surface area contributed by atoms with Crippen molar-refractivity contribution in [3.8, 4) is 5.75 Å². The van der Waals surface area contributed by atoms with E-state index >= 15 is 0 Å². The van der Waals surface area contributed by atoms with Crippen LogP contribution in [-0.2, 0) is 30.3 Å². The normalized spacial score (nSPS) is 20.8. The van der Waals surface area contributed by atoms with E-state index in [1.165, 1.54) is 4.90 Å². The Morgan fingerprint density at radius 2 is 2.12 bits per heavy atom. The molecule has 0 saturated heterocycles. The number of hydrogen-bond donors (Lipinski definition) is 3. The molecule has 2 aliphatic rings. The molecule has 1 aromatic carbocycles. The first-order valence-electron chi connectivity index (χ1n) is 10.8. The number of hydrogen-bond acceptors (Lipinski definition) is 6. The number of nitrogens with zero attached hydrogens (tertiary/aromatic N) is 1. The zero-order valence-electron chi connectivity index (χ0n) is 18.5. The molecule has 180 valence electrons. The summed E-state index contributed by atoms with van der Waals surface area (Å²) in [6.45, 7) is 2.05. The van der Waals surface area contributed by atoms with Crippen LogP contribution in [0.2, 0.25) is 0 Å². The van der Waals surface area contributed by atoms with Crippen molar-refractivity contribution in [1.29, 1.82) is 0 Å². The molecule has 0 saturated carbocycles. The molecule has 10 nitrogen and oxygen atoms in total. The minimum atomic E-state index is -1.16. The maximum absolute atomic E-state index is 13.3. The number of ether oxygens (including phenoxy) is 2. The van der Waals surface area contributed by atoms with Gasteiger partial charge in [0, 0.05) is 6.42 Å². The number of carbonyl (C=O) groups excluding carboxylic acids is 3. The van der Waals surface area contributed by atoms with Gasteiger partial charge in [0.05, 0.1) is 12.3 Å². The van der Waals surface area contributed by atoms with Gasteiger partial charge in [-0.3, -0.25) is 19.3 Å². The smallest absolute Gasteiger partial charge is 0.327 e. The van der Waals surface area contributed by atoms with E-state index < -0.39 is 55.1 Å². The fraction of sp³-hybridized carbons (Fsp3) is 0.545. The quantitative estimate of drug-likeness (QED) is 0.427. The zero-order valence-corrected chi connectivity index (χ0v) is 18.5. The number of carbonyl (C=O) groups is 4. The number of rotatable bonds is 10. The summed E-state index contributed by atoms with van der Waals surface area (Å²) in [5.41, 5.74) is 1.08. The first-order valence-corrected chi connectivity index (χ1v) is 10.8. The third kappa shape index (κ3) is 5.24. The molecule has 2 heterocycles. The van der Waals surface area contributed by atoms with Gasteiger partial charge in [0.15, 0.2) is 0 Å². The molecule has 4 atom stereocenters. The topological polar surface area (TPSA) is 134 Å². The van der Waals surface area contributed by atoms with Crippen molar-refractivity contribution in [1.82, 2.24) is 10.6 Å². The molecular weight excluding hydrogens is 437 g/mol. The molecule has 0 aliphatic carbocycles. The average Bonchev–Trinajstić information content (AvgIpc) is 3.13. The largest absolute Gasteiger partial charge is 0.489 e. The highest BCUT2D eigenvalue weighted by Gasteiger charge is 2.45. The van der Waals surface area contributed by atoms with Gasteiger partial charge >= 0.3 is 5.97 Å². The Hall–Kier alpha value is -3.21. The van der Waals surface area contributed by atoms with E-state index in [1.807, 2.05) is 6.92 Å². The van der Waals surface area contributed by atoms with E-state index in [9.17, 15) is 28.7 Å². The Morgan fingerprint density at radius 3 is 2.79 bits per heavy atom. The van der Waals surface area contributed by atoms with Crippen LogP contribution in [-0.4, -0.2) is 73.4 Å². The lowest BCUT2D eigenvalue weighted by Gasteiger charge is -2.28. The minimum absolute atomic E-state index is 0.138. The van der Waals surface area contributed by atoms with Gasteiger partial charge in [-0.2, -0.15) is 0 Å². The minimum Gasteiger partial charge on any atom is -0.489 e. The number of alkyl halides is 1. The number of benzene rings is 1. The maximum atomic E-state index is 13.3. The van der Waals surface area contributed by atoms with E-state index in [4.69, 9.17) is 9.47 Å². The molecule has 0 bridgehead atoms. The van der Waals surface area contributed by atoms with E-state index in [-0.39, 0.29) is 25.6 Å². The highest BCUT2D eigenvalue weighted by Crippen LogP contribution is 2.42. The number of nitrogens with one attached hydrogen (secondary N) is 2. The molecule has 0 unspecified atom stereocenters. The third-order valence-corrected chi connectivity index (χ3v) is 5.86. The summed E-state index contributed by atoms with van der Waals surface area (Å²) in [6.07, 6.45) is 0.694. The van der Waals surface area contributed by atoms with Crippen LogP contribution in [0.1, 0.15) is 25.8 Å². The van der Waals surface area contributed by atoms with Crippen LogP contribution in [0.15, 0.2) is 18.2 Å². The van der Waals surface area contributed by atoms with Gasteiger partial charge in [-0.1, -0.05) is 32.4 Å². The SMILES string of the molecule is CC[C@H](C)[C@H](NC(=O)COCCF)C(=O)N[C@H]1COc2cccc3c2N(C1=O)[C@H](C(=O)O)C3. The molecule has 2 aliphatic heterocycles. The molecule has 3 N–H and O–H groups in total. The van der Waals surface area contributed by atoms with Crippen LogP contribution in [0.4, 0.5) is 10.1 Å². The second-order valence-corrected chi connectivity index (χ2v) is 8.07. The van der Waals surface area contributed by atoms with Gasteiger partial charge in [0.1, 0.15) is 43.8 Å². The van der Waals surface area contributed by atoms with Crippen molar-refractivity contribution in [3.05, 3.63) is 23.8 Å². The van der Waals surface area contributed by atoms with Crippen LogP contribution >= 0.6 is 0 Å². The maximum Gasteiger partial charge on any atom is 0.327 e. The summed E-state index contributed by atoms with van der Waals surface area (Å²) in [4.78, 5) is 51.5. The molecule has 0 aromatic heterocycles. The summed E-state index contributed by atoms with van der Waals surface area (Å²) in [6, 6.07) is 1.88. The zero-order chi connectivity index (χ0) is 24.1. The highest BCUT2D eigenvalue weighted by molar-refractivity contribution is 6.07. The Morgan fingerprint density at radius 1 is 1.36 bits per heavy atom. The summed E-state index contributed by atoms with van der Waals surface area (Å²) in [7, 11) is 0. The van der Waals surface area contributed by atoms with Gasteiger partial charge in [-0.25, -0.2) is 9.18 Å². The lowest BCUT2D eigenvalue weighted by atomic mass is 9.98. The van der Waals surface area contributed by atoms with Gasteiger partial charge in [-0.15, -0.1) is 0 Å². The molecular formula is C22H28FN3O7. The van der Waals surface area contributed by atoms with E-state index in [2.05, 4.69) is 10.6 Å². The first kappa shape index (κ1) is 24.4. The Balaban J connectivity index is 1.77. The van der Waals surface area contributed by atoms with Crippen molar-refractivity contribution in [2.75, 3.05) is 31.4 Å². The summed E-state index contributed by atoms with van der Waals surface area (Å²) >= 11 is 0. The fourth-order valence-electron chi connectivity index (χ4n) is 3.95. The molecule has 3 rings (SSSR count). The number of aliphatic carboxylic acids is 1. The monoisotopic (exact) mass is 465 g/mol. The number of halogens is 1. The number of carboxylic acids is 1. The molecule has 0 spiro atoms. The standard InChI is InChI=1S/C22H28FN3O7/c1-3-12(2)18(25-17(27)11-32-8-7-23)20(28)24-14-10-33-16-6-4-5-13-9-15(22(30)31)26(19(13)16)21(14)29/h4-6,12,14-15,18H,3,7-11H2,1-2H3,(H,24,28)(H,25,27)(H,30,31)/t12-,14-,15-,18-/m0/s1. The van der Waals surface area contributed by atoms with Crippen LogP contribution in [0.25, 0.3) is 0 Å². The van der Waals surface area contributed by atoms with Crippen LogP contribution in [0.3, 0.4) is 0 Å². The Bertz CT molecular complexity index is 925. The van der Waals surface area contributed by atoms with E-state index in [0.29, 0.717) is 23.4 Å². The second kappa shape index (κ2) is 10.6. The summed E-state index contributed by atoms with van der Waals surface area (Å²) in [5, 5.41) is 14.8. The molecule has 33 heavy (non-hydrogen) atoms. The first-order chi connectivity index (χ1) is 15.8. The van der Waals surface area contributed by atoms with Crippen LogP contribution in [0.5, 0.6) is 5.75 Å². The fourth-order valence-corrected chi connectivity index (χ4v) is 3.95. The molecule has 1 aromatic rings. The van der Waals surface area contributed by atoms with Crippen molar-refractivity contribution in [3.63, 3.8) is 0 Å². The Labute approximate surface area is 190 Å². The summed E-state index contributed by atoms with van der Waals surface area (Å²) < 4.78 is 22.8. The number of anilines is 1.